The Morgan fingerprint density at radius 1 is 0.727 bits per heavy atom. The van der Waals surface area contributed by atoms with Crippen LogP contribution < -0.4 is 22.1 Å². The van der Waals surface area contributed by atoms with E-state index in [9.17, 15) is 0 Å². The van der Waals surface area contributed by atoms with Crippen molar-refractivity contribution in [3.63, 3.8) is 0 Å². The van der Waals surface area contributed by atoms with Gasteiger partial charge in [-0.15, -0.1) is 0 Å². The molecule has 0 bridgehead atoms. The van der Waals surface area contributed by atoms with E-state index in [1.54, 1.807) is 0 Å². The third kappa shape index (κ3) is 13.4. The summed E-state index contributed by atoms with van der Waals surface area (Å²) in [4.78, 5) is 0. The van der Waals surface area contributed by atoms with E-state index in [0.717, 1.165) is 26.2 Å². The van der Waals surface area contributed by atoms with E-state index in [-0.39, 0.29) is 17.1 Å². The Hall–Kier alpha value is 0.359. The van der Waals surface area contributed by atoms with E-state index in [1.807, 2.05) is 0 Å². The van der Waals surface area contributed by atoms with Gasteiger partial charge in [-0.2, -0.15) is 0 Å². The van der Waals surface area contributed by atoms with Crippen LogP contribution in [0.4, 0.5) is 0 Å². The summed E-state index contributed by atoms with van der Waals surface area (Å²) in [5.74, 6) is 0. The minimum absolute atomic E-state index is 0. The number of rotatable bonds is 7. The van der Waals surface area contributed by atoms with Crippen LogP contribution in [0, 0.1) is 0 Å². The van der Waals surface area contributed by atoms with Crippen molar-refractivity contribution in [1.82, 2.24) is 10.6 Å². The van der Waals surface area contributed by atoms with Crippen molar-refractivity contribution in [3.05, 3.63) is 0 Å². The first kappa shape index (κ1) is 13.9. The standard InChI is InChI=1S/C6H18N4.Fe/c7-1-3-9-5-6-10-4-2-8;/h9-10H,1-8H2;. The van der Waals surface area contributed by atoms with Crippen LogP contribution in [-0.4, -0.2) is 39.3 Å². The average Bonchev–Trinajstić information content (AvgIpc) is 1.97. The molecule has 0 aromatic heterocycles. The number of hydrogen-bond acceptors (Lipinski definition) is 4. The van der Waals surface area contributed by atoms with Crippen LogP contribution in [0.15, 0.2) is 0 Å². The summed E-state index contributed by atoms with van der Waals surface area (Å²) in [6.07, 6.45) is 0. The Balaban J connectivity index is 0. The summed E-state index contributed by atoms with van der Waals surface area (Å²) < 4.78 is 0. The predicted molar refractivity (Wildman–Crippen MR) is 43.8 cm³/mol. The summed E-state index contributed by atoms with van der Waals surface area (Å²) in [6, 6.07) is 0. The molecule has 4 nitrogen and oxygen atoms in total. The van der Waals surface area contributed by atoms with Gasteiger partial charge in [0, 0.05) is 56.3 Å². The van der Waals surface area contributed by atoms with Crippen LogP contribution in [0.1, 0.15) is 0 Å². The van der Waals surface area contributed by atoms with Gasteiger partial charge in [0.15, 0.2) is 0 Å². The van der Waals surface area contributed by atoms with Crippen molar-refractivity contribution in [3.8, 4) is 0 Å². The number of nitrogens with two attached hydrogens (primary N) is 2. The molecule has 70 valence electrons. The predicted octanol–water partition coefficient (Wildman–Crippen LogP) is -1.92. The van der Waals surface area contributed by atoms with Gasteiger partial charge in [0.1, 0.15) is 0 Å². The molecule has 0 unspecified atom stereocenters. The molecule has 11 heavy (non-hydrogen) atoms. The molecule has 0 fully saturated rings. The summed E-state index contributed by atoms with van der Waals surface area (Å²) in [5.41, 5.74) is 10.5. The maximum Gasteiger partial charge on any atom is 0.00772 e. The van der Waals surface area contributed by atoms with Gasteiger partial charge in [-0.25, -0.2) is 0 Å². The first-order valence-electron chi connectivity index (χ1n) is 3.73. The first-order valence-corrected chi connectivity index (χ1v) is 3.73. The van der Waals surface area contributed by atoms with E-state index < -0.39 is 0 Å². The molecule has 6 N–H and O–H groups in total. The second-order valence-electron chi connectivity index (χ2n) is 2.08. The molecule has 0 heterocycles. The maximum absolute atomic E-state index is 5.27. The molecule has 0 amide bonds. The van der Waals surface area contributed by atoms with Crippen LogP contribution in [0.5, 0.6) is 0 Å². The maximum atomic E-state index is 5.27. The molecule has 0 radical (unpaired) electrons. The largest absolute Gasteiger partial charge is 0.329 e. The zero-order valence-corrected chi connectivity index (χ0v) is 7.86. The second-order valence-corrected chi connectivity index (χ2v) is 2.08. The number of hydrogen-bond donors (Lipinski definition) is 4. The SMILES string of the molecule is NCCNCCNCCN.[Fe]. The minimum atomic E-state index is 0. The second kappa shape index (κ2) is 13.0. The smallest absolute Gasteiger partial charge is 0.00772 e. The Morgan fingerprint density at radius 2 is 1.09 bits per heavy atom. The zero-order valence-electron chi connectivity index (χ0n) is 6.75. The molecular formula is C6H18FeN4. The molecule has 0 saturated heterocycles. The third-order valence-electron chi connectivity index (χ3n) is 1.12. The van der Waals surface area contributed by atoms with Gasteiger partial charge < -0.3 is 22.1 Å². The van der Waals surface area contributed by atoms with Crippen LogP contribution in [0.25, 0.3) is 0 Å². The molecule has 0 aliphatic heterocycles. The molecule has 0 rings (SSSR count). The van der Waals surface area contributed by atoms with Crippen LogP contribution in [0.3, 0.4) is 0 Å². The Morgan fingerprint density at radius 3 is 1.36 bits per heavy atom. The molecule has 0 aromatic rings. The van der Waals surface area contributed by atoms with Crippen molar-refractivity contribution in [2.45, 2.75) is 0 Å². The van der Waals surface area contributed by atoms with Gasteiger partial charge in [-0.3, -0.25) is 0 Å². The summed E-state index contributed by atoms with van der Waals surface area (Å²) in [5, 5.41) is 6.33. The molecule has 0 aliphatic carbocycles. The van der Waals surface area contributed by atoms with E-state index in [0.29, 0.717) is 13.1 Å². The molecule has 5 heteroatoms. The summed E-state index contributed by atoms with van der Waals surface area (Å²) in [6.45, 7) is 5.14. The number of nitrogens with one attached hydrogen (secondary N) is 2. The summed E-state index contributed by atoms with van der Waals surface area (Å²) in [7, 11) is 0. The zero-order chi connectivity index (χ0) is 7.66. The minimum Gasteiger partial charge on any atom is -0.329 e. The van der Waals surface area contributed by atoms with E-state index in [2.05, 4.69) is 10.6 Å². The Bertz CT molecular complexity index is 54.5. The van der Waals surface area contributed by atoms with Crippen LogP contribution in [0.2, 0.25) is 0 Å². The first-order chi connectivity index (χ1) is 4.91. The fraction of sp³-hybridized carbons (Fsp3) is 1.00. The van der Waals surface area contributed by atoms with Crippen LogP contribution >= 0.6 is 0 Å². The van der Waals surface area contributed by atoms with Crippen molar-refractivity contribution in [2.75, 3.05) is 39.3 Å². The van der Waals surface area contributed by atoms with Gasteiger partial charge in [-0.05, 0) is 0 Å². The molecular weight excluding hydrogens is 184 g/mol. The molecule has 0 spiro atoms. The quantitative estimate of drug-likeness (QED) is 0.287. The van der Waals surface area contributed by atoms with Crippen molar-refractivity contribution in [2.24, 2.45) is 11.5 Å². The normalized spacial score (nSPS) is 9.27. The van der Waals surface area contributed by atoms with Gasteiger partial charge in [0.2, 0.25) is 0 Å². The molecule has 0 aliphatic rings. The monoisotopic (exact) mass is 202 g/mol. The Kier molecular flexibility index (Phi) is 16.4. The van der Waals surface area contributed by atoms with Gasteiger partial charge in [0.25, 0.3) is 0 Å². The molecule has 0 aromatic carbocycles. The Labute approximate surface area is 78.9 Å². The fourth-order valence-electron chi connectivity index (χ4n) is 0.631. The van der Waals surface area contributed by atoms with Gasteiger partial charge >= 0.3 is 0 Å². The van der Waals surface area contributed by atoms with Crippen LogP contribution in [-0.2, 0) is 17.1 Å². The third-order valence-corrected chi connectivity index (χ3v) is 1.12. The topological polar surface area (TPSA) is 76.1 Å². The van der Waals surface area contributed by atoms with Gasteiger partial charge in [-0.1, -0.05) is 0 Å². The molecule has 0 atom stereocenters. The van der Waals surface area contributed by atoms with Gasteiger partial charge in [0.05, 0.1) is 0 Å². The van der Waals surface area contributed by atoms with Crippen molar-refractivity contribution >= 4 is 0 Å². The van der Waals surface area contributed by atoms with Crippen molar-refractivity contribution in [1.29, 1.82) is 0 Å². The van der Waals surface area contributed by atoms with E-state index in [4.69, 9.17) is 11.5 Å². The molecule has 0 saturated carbocycles. The van der Waals surface area contributed by atoms with E-state index in [1.165, 1.54) is 0 Å². The fourth-order valence-corrected chi connectivity index (χ4v) is 0.631. The van der Waals surface area contributed by atoms with Crippen molar-refractivity contribution < 1.29 is 17.1 Å². The average molecular weight is 202 g/mol. The summed E-state index contributed by atoms with van der Waals surface area (Å²) >= 11 is 0. The van der Waals surface area contributed by atoms with E-state index >= 15 is 0 Å².